The van der Waals surface area contributed by atoms with Crippen LogP contribution >= 0.6 is 11.3 Å². The molecule has 3 aromatic rings. The van der Waals surface area contributed by atoms with E-state index >= 15 is 0 Å². The number of thiazole rings is 1. The Labute approximate surface area is 175 Å². The molecular formula is C23H26N2O3S. The third-order valence-electron chi connectivity index (χ3n) is 5.35. The van der Waals surface area contributed by atoms with Crippen molar-refractivity contribution in [2.24, 2.45) is 0 Å². The van der Waals surface area contributed by atoms with Crippen LogP contribution in [0.4, 0.5) is 0 Å². The van der Waals surface area contributed by atoms with Crippen molar-refractivity contribution in [1.29, 1.82) is 0 Å². The standard InChI is InChI=1S/C23H26N2O3S/c1-15-9-10-16(2)21-20(15)24-23(29-21)28-19-11-13-25(14-12-19)22(26)17(3)27-18-7-5-4-6-8-18/h4-10,17,19H,11-14H2,1-3H3. The second kappa shape index (κ2) is 8.41. The van der Waals surface area contributed by atoms with Gasteiger partial charge in [-0.15, -0.1) is 0 Å². The number of benzene rings is 2. The average molecular weight is 411 g/mol. The molecule has 0 bridgehead atoms. The fourth-order valence-corrected chi connectivity index (χ4v) is 4.67. The summed E-state index contributed by atoms with van der Waals surface area (Å²) in [6, 6.07) is 13.7. The Morgan fingerprint density at radius 3 is 2.48 bits per heavy atom. The van der Waals surface area contributed by atoms with Crippen LogP contribution < -0.4 is 9.47 Å². The van der Waals surface area contributed by atoms with E-state index in [-0.39, 0.29) is 12.0 Å². The molecule has 2 aromatic carbocycles. The second-order valence-corrected chi connectivity index (χ2v) is 8.53. The highest BCUT2D eigenvalue weighted by molar-refractivity contribution is 7.20. The van der Waals surface area contributed by atoms with Crippen molar-refractivity contribution < 1.29 is 14.3 Å². The van der Waals surface area contributed by atoms with Crippen LogP contribution in [0.5, 0.6) is 10.9 Å². The monoisotopic (exact) mass is 410 g/mol. The highest BCUT2D eigenvalue weighted by Crippen LogP contribution is 2.33. The van der Waals surface area contributed by atoms with Crippen molar-refractivity contribution in [2.45, 2.75) is 45.8 Å². The molecule has 4 rings (SSSR count). The van der Waals surface area contributed by atoms with Gasteiger partial charge in [-0.3, -0.25) is 4.79 Å². The van der Waals surface area contributed by atoms with Gasteiger partial charge in [0.2, 0.25) is 0 Å². The van der Waals surface area contributed by atoms with Crippen molar-refractivity contribution in [3.05, 3.63) is 53.6 Å². The van der Waals surface area contributed by atoms with Gasteiger partial charge in [0.05, 0.1) is 10.2 Å². The molecule has 6 heteroatoms. The summed E-state index contributed by atoms with van der Waals surface area (Å²) in [6.45, 7) is 7.34. The number of carbonyl (C=O) groups is 1. The van der Waals surface area contributed by atoms with E-state index in [1.54, 1.807) is 11.3 Å². The van der Waals surface area contributed by atoms with E-state index in [4.69, 9.17) is 14.5 Å². The fraction of sp³-hybridized carbons (Fsp3) is 0.391. The predicted octanol–water partition coefficient (Wildman–Crippen LogP) is 4.75. The molecule has 0 N–H and O–H groups in total. The van der Waals surface area contributed by atoms with E-state index in [1.165, 1.54) is 15.8 Å². The lowest BCUT2D eigenvalue weighted by atomic mass is 10.1. The van der Waals surface area contributed by atoms with Crippen molar-refractivity contribution in [3.8, 4) is 10.9 Å². The summed E-state index contributed by atoms with van der Waals surface area (Å²) in [4.78, 5) is 19.3. The van der Waals surface area contributed by atoms with Crippen LogP contribution in [0.3, 0.4) is 0 Å². The third-order valence-corrected chi connectivity index (χ3v) is 6.43. The summed E-state index contributed by atoms with van der Waals surface area (Å²) >= 11 is 1.61. The molecule has 29 heavy (non-hydrogen) atoms. The normalized spacial score (nSPS) is 16.0. The van der Waals surface area contributed by atoms with Crippen molar-refractivity contribution in [1.82, 2.24) is 9.88 Å². The van der Waals surface area contributed by atoms with Crippen LogP contribution in [0, 0.1) is 13.8 Å². The molecular weight excluding hydrogens is 384 g/mol. The molecule has 1 atom stereocenters. The first-order valence-electron chi connectivity index (χ1n) is 10.0. The molecule has 1 aromatic heterocycles. The molecule has 0 aliphatic carbocycles. The molecule has 0 radical (unpaired) electrons. The first-order chi connectivity index (χ1) is 14.0. The van der Waals surface area contributed by atoms with Gasteiger partial charge in [-0.1, -0.05) is 41.7 Å². The Kier molecular flexibility index (Phi) is 5.72. The molecule has 1 fully saturated rings. The fourth-order valence-electron chi connectivity index (χ4n) is 3.64. The van der Waals surface area contributed by atoms with Gasteiger partial charge >= 0.3 is 0 Å². The molecule has 0 saturated carbocycles. The highest BCUT2D eigenvalue weighted by atomic mass is 32.1. The molecule has 1 aliphatic heterocycles. The van der Waals surface area contributed by atoms with Gasteiger partial charge in [0.25, 0.3) is 11.1 Å². The van der Waals surface area contributed by atoms with E-state index in [0.717, 1.165) is 23.6 Å². The maximum Gasteiger partial charge on any atom is 0.274 e. The minimum atomic E-state index is -0.495. The summed E-state index contributed by atoms with van der Waals surface area (Å²) in [7, 11) is 0. The van der Waals surface area contributed by atoms with E-state index in [2.05, 4.69) is 26.0 Å². The lowest BCUT2D eigenvalue weighted by Gasteiger charge is -2.33. The number of piperidine rings is 1. The largest absolute Gasteiger partial charge is 0.481 e. The van der Waals surface area contributed by atoms with Gasteiger partial charge in [-0.05, 0) is 44.0 Å². The number of ether oxygens (including phenoxy) is 2. The van der Waals surface area contributed by atoms with E-state index in [1.807, 2.05) is 42.2 Å². The molecule has 1 aliphatic rings. The molecule has 1 saturated heterocycles. The smallest absolute Gasteiger partial charge is 0.274 e. The van der Waals surface area contributed by atoms with Crippen LogP contribution in [0.15, 0.2) is 42.5 Å². The number of aromatic nitrogens is 1. The van der Waals surface area contributed by atoms with E-state index < -0.39 is 6.10 Å². The van der Waals surface area contributed by atoms with Crippen LogP contribution in [-0.4, -0.2) is 41.1 Å². The van der Waals surface area contributed by atoms with Gasteiger partial charge in [0, 0.05) is 25.9 Å². The Hall–Kier alpha value is -2.60. The van der Waals surface area contributed by atoms with Crippen molar-refractivity contribution >= 4 is 27.5 Å². The molecule has 1 unspecified atom stereocenters. The van der Waals surface area contributed by atoms with Crippen LogP contribution in [0.2, 0.25) is 0 Å². The van der Waals surface area contributed by atoms with Crippen molar-refractivity contribution in [2.75, 3.05) is 13.1 Å². The zero-order valence-electron chi connectivity index (χ0n) is 17.1. The number of likely N-dealkylation sites (tertiary alicyclic amines) is 1. The van der Waals surface area contributed by atoms with Gasteiger partial charge in [0.1, 0.15) is 11.9 Å². The minimum absolute atomic E-state index is 0.0264. The summed E-state index contributed by atoms with van der Waals surface area (Å²) in [5.41, 5.74) is 3.43. The third kappa shape index (κ3) is 4.37. The predicted molar refractivity (Wildman–Crippen MR) is 116 cm³/mol. The van der Waals surface area contributed by atoms with Crippen LogP contribution in [0.1, 0.15) is 30.9 Å². The first-order valence-corrected chi connectivity index (χ1v) is 10.9. The number of hydrogen-bond acceptors (Lipinski definition) is 5. The quantitative estimate of drug-likeness (QED) is 0.609. The van der Waals surface area contributed by atoms with Crippen molar-refractivity contribution in [3.63, 3.8) is 0 Å². The van der Waals surface area contributed by atoms with Crippen LogP contribution in [-0.2, 0) is 4.79 Å². The van der Waals surface area contributed by atoms with E-state index in [0.29, 0.717) is 18.8 Å². The number of rotatable bonds is 5. The second-order valence-electron chi connectivity index (χ2n) is 7.57. The zero-order chi connectivity index (χ0) is 20.4. The average Bonchev–Trinajstić information content (AvgIpc) is 3.17. The lowest BCUT2D eigenvalue weighted by Crippen LogP contribution is -2.46. The molecule has 0 spiro atoms. The number of amides is 1. The SMILES string of the molecule is Cc1ccc(C)c2sc(OC3CCN(C(=O)C(C)Oc4ccccc4)CC3)nc12. The van der Waals surface area contributed by atoms with Gasteiger partial charge < -0.3 is 14.4 Å². The molecule has 2 heterocycles. The number of hydrogen-bond donors (Lipinski definition) is 0. The number of fused-ring (bicyclic) bond motifs is 1. The summed E-state index contributed by atoms with van der Waals surface area (Å²) in [5.74, 6) is 0.742. The summed E-state index contributed by atoms with van der Waals surface area (Å²) in [6.07, 6.45) is 1.20. The molecule has 5 nitrogen and oxygen atoms in total. The summed E-state index contributed by atoms with van der Waals surface area (Å²) < 4.78 is 13.1. The van der Waals surface area contributed by atoms with Gasteiger partial charge in [-0.2, -0.15) is 0 Å². The van der Waals surface area contributed by atoms with Gasteiger partial charge in [-0.25, -0.2) is 4.98 Å². The Balaban J connectivity index is 1.33. The Morgan fingerprint density at radius 1 is 1.10 bits per heavy atom. The highest BCUT2D eigenvalue weighted by Gasteiger charge is 2.28. The number of carbonyl (C=O) groups excluding carboxylic acids is 1. The minimum Gasteiger partial charge on any atom is -0.481 e. The maximum atomic E-state index is 12.7. The Bertz CT molecular complexity index is 955. The number of aryl methyl sites for hydroxylation is 2. The van der Waals surface area contributed by atoms with Crippen LogP contribution in [0.25, 0.3) is 10.2 Å². The summed E-state index contributed by atoms with van der Waals surface area (Å²) in [5, 5.41) is 0.725. The topological polar surface area (TPSA) is 51.7 Å². The number of para-hydroxylation sites is 1. The molecule has 1 amide bonds. The lowest BCUT2D eigenvalue weighted by molar-refractivity contribution is -0.139. The zero-order valence-corrected chi connectivity index (χ0v) is 17.9. The number of nitrogens with zero attached hydrogens (tertiary/aromatic N) is 2. The first kappa shape index (κ1) is 19.7. The molecule has 152 valence electrons. The van der Waals surface area contributed by atoms with E-state index in [9.17, 15) is 4.79 Å². The maximum absolute atomic E-state index is 12.7. The van der Waals surface area contributed by atoms with Gasteiger partial charge in [0.15, 0.2) is 6.10 Å². The Morgan fingerprint density at radius 2 is 1.79 bits per heavy atom.